The zero-order valence-electron chi connectivity index (χ0n) is 10.6. The number of anilines is 1. The second kappa shape index (κ2) is 5.40. The van der Waals surface area contributed by atoms with Gasteiger partial charge in [-0.05, 0) is 24.3 Å². The van der Waals surface area contributed by atoms with Gasteiger partial charge in [-0.3, -0.25) is 9.59 Å². The number of amides is 1. The van der Waals surface area contributed by atoms with Crippen molar-refractivity contribution in [1.29, 1.82) is 0 Å². The van der Waals surface area contributed by atoms with Crippen molar-refractivity contribution in [1.82, 2.24) is 0 Å². The van der Waals surface area contributed by atoms with Crippen molar-refractivity contribution in [3.05, 3.63) is 29.3 Å². The van der Waals surface area contributed by atoms with E-state index in [4.69, 9.17) is 16.7 Å². The molecule has 1 aromatic rings. The SMILES string of the molecule is CC(C)(C)C(=O)N(CC(=O)O)c1ccc(Cl)cc1. The first-order valence-electron chi connectivity index (χ1n) is 5.51. The minimum Gasteiger partial charge on any atom is -0.480 e. The summed E-state index contributed by atoms with van der Waals surface area (Å²) < 4.78 is 0. The molecule has 0 radical (unpaired) electrons. The van der Waals surface area contributed by atoms with E-state index in [1.54, 1.807) is 45.0 Å². The van der Waals surface area contributed by atoms with Crippen LogP contribution < -0.4 is 4.90 Å². The number of rotatable bonds is 3. The van der Waals surface area contributed by atoms with E-state index in [1.807, 2.05) is 0 Å². The van der Waals surface area contributed by atoms with Gasteiger partial charge in [0.25, 0.3) is 0 Å². The maximum absolute atomic E-state index is 12.2. The number of nitrogens with zero attached hydrogens (tertiary/aromatic N) is 1. The number of halogens is 1. The minimum atomic E-state index is -1.05. The number of carboxylic acid groups (broad SMARTS) is 1. The Kier molecular flexibility index (Phi) is 4.35. The Bertz CT molecular complexity index is 448. The molecule has 0 saturated heterocycles. The molecule has 0 spiro atoms. The van der Waals surface area contributed by atoms with Gasteiger partial charge in [0.1, 0.15) is 6.54 Å². The average Bonchev–Trinajstić information content (AvgIpc) is 2.25. The monoisotopic (exact) mass is 269 g/mol. The molecule has 0 aliphatic heterocycles. The molecule has 0 aliphatic rings. The summed E-state index contributed by atoms with van der Waals surface area (Å²) in [6, 6.07) is 6.52. The second-order valence-corrected chi connectivity index (χ2v) is 5.45. The molecule has 0 aliphatic carbocycles. The van der Waals surface area contributed by atoms with Crippen LogP contribution in [0.2, 0.25) is 5.02 Å². The van der Waals surface area contributed by atoms with Crippen molar-refractivity contribution < 1.29 is 14.7 Å². The van der Waals surface area contributed by atoms with Gasteiger partial charge in [-0.2, -0.15) is 0 Å². The quantitative estimate of drug-likeness (QED) is 0.918. The Labute approximate surface area is 111 Å². The summed E-state index contributed by atoms with van der Waals surface area (Å²) in [7, 11) is 0. The molecule has 1 amide bonds. The fraction of sp³-hybridized carbons (Fsp3) is 0.385. The van der Waals surface area contributed by atoms with Gasteiger partial charge >= 0.3 is 5.97 Å². The molecule has 0 saturated carbocycles. The highest BCUT2D eigenvalue weighted by molar-refractivity contribution is 6.30. The van der Waals surface area contributed by atoms with Crippen molar-refractivity contribution >= 4 is 29.2 Å². The summed E-state index contributed by atoms with van der Waals surface area (Å²) in [5.41, 5.74) is -0.114. The van der Waals surface area contributed by atoms with Crippen LogP contribution >= 0.6 is 11.6 Å². The van der Waals surface area contributed by atoms with Gasteiger partial charge in [-0.15, -0.1) is 0 Å². The Morgan fingerprint density at radius 2 is 1.72 bits per heavy atom. The molecule has 1 rings (SSSR count). The maximum Gasteiger partial charge on any atom is 0.323 e. The average molecular weight is 270 g/mol. The minimum absolute atomic E-state index is 0.243. The van der Waals surface area contributed by atoms with Crippen LogP contribution in [0.15, 0.2) is 24.3 Å². The lowest BCUT2D eigenvalue weighted by Crippen LogP contribution is -2.42. The van der Waals surface area contributed by atoms with Crippen LogP contribution in [0.3, 0.4) is 0 Å². The number of carboxylic acids is 1. The third-order valence-electron chi connectivity index (χ3n) is 2.32. The Morgan fingerprint density at radius 3 is 2.11 bits per heavy atom. The predicted octanol–water partition coefficient (Wildman–Crippen LogP) is 2.80. The molecule has 0 bridgehead atoms. The molecule has 98 valence electrons. The summed E-state index contributed by atoms with van der Waals surface area (Å²) in [4.78, 5) is 24.3. The van der Waals surface area contributed by atoms with Gasteiger partial charge in [0.2, 0.25) is 5.91 Å². The Balaban J connectivity index is 3.09. The van der Waals surface area contributed by atoms with Crippen LogP contribution in [0.4, 0.5) is 5.69 Å². The normalized spacial score (nSPS) is 11.1. The molecular weight excluding hydrogens is 254 g/mol. The van der Waals surface area contributed by atoms with Crippen LogP contribution in [-0.2, 0) is 9.59 Å². The van der Waals surface area contributed by atoms with E-state index >= 15 is 0 Å². The number of hydrogen-bond acceptors (Lipinski definition) is 2. The molecule has 4 nitrogen and oxygen atoms in total. The summed E-state index contributed by atoms with van der Waals surface area (Å²) in [6.07, 6.45) is 0. The number of carbonyl (C=O) groups is 2. The molecule has 0 aromatic heterocycles. The van der Waals surface area contributed by atoms with E-state index in [9.17, 15) is 9.59 Å². The van der Waals surface area contributed by atoms with E-state index in [-0.39, 0.29) is 12.5 Å². The van der Waals surface area contributed by atoms with E-state index in [2.05, 4.69) is 0 Å². The van der Waals surface area contributed by atoms with Crippen LogP contribution in [0.1, 0.15) is 20.8 Å². The van der Waals surface area contributed by atoms with Crippen LogP contribution in [0.25, 0.3) is 0 Å². The number of benzene rings is 1. The number of carbonyl (C=O) groups excluding carboxylic acids is 1. The molecule has 0 fully saturated rings. The second-order valence-electron chi connectivity index (χ2n) is 5.01. The van der Waals surface area contributed by atoms with Crippen molar-refractivity contribution in [3.8, 4) is 0 Å². The fourth-order valence-corrected chi connectivity index (χ4v) is 1.57. The van der Waals surface area contributed by atoms with Crippen LogP contribution in [0, 0.1) is 5.41 Å². The number of aliphatic carboxylic acids is 1. The van der Waals surface area contributed by atoms with E-state index in [0.717, 1.165) is 0 Å². The predicted molar refractivity (Wildman–Crippen MR) is 70.9 cm³/mol. The van der Waals surface area contributed by atoms with Crippen molar-refractivity contribution in [2.24, 2.45) is 5.41 Å². The molecular formula is C13H16ClNO3. The smallest absolute Gasteiger partial charge is 0.323 e. The highest BCUT2D eigenvalue weighted by Crippen LogP contribution is 2.24. The molecule has 0 atom stereocenters. The highest BCUT2D eigenvalue weighted by atomic mass is 35.5. The molecule has 1 aromatic carbocycles. The van der Waals surface area contributed by atoms with Crippen molar-refractivity contribution in [2.45, 2.75) is 20.8 Å². The zero-order valence-corrected chi connectivity index (χ0v) is 11.4. The molecule has 0 unspecified atom stereocenters. The van der Waals surface area contributed by atoms with Crippen LogP contribution in [-0.4, -0.2) is 23.5 Å². The van der Waals surface area contributed by atoms with Gasteiger partial charge in [0, 0.05) is 16.1 Å². The van der Waals surface area contributed by atoms with E-state index in [1.165, 1.54) is 4.90 Å². The first kappa shape index (κ1) is 14.5. The Hall–Kier alpha value is -1.55. The van der Waals surface area contributed by atoms with Gasteiger partial charge in [-0.25, -0.2) is 0 Å². The van der Waals surface area contributed by atoms with Gasteiger partial charge in [-0.1, -0.05) is 32.4 Å². The van der Waals surface area contributed by atoms with Crippen LogP contribution in [0.5, 0.6) is 0 Å². The zero-order chi connectivity index (χ0) is 13.9. The first-order valence-corrected chi connectivity index (χ1v) is 5.89. The third-order valence-corrected chi connectivity index (χ3v) is 2.57. The summed E-state index contributed by atoms with van der Waals surface area (Å²) >= 11 is 5.77. The summed E-state index contributed by atoms with van der Waals surface area (Å²) in [5, 5.41) is 9.43. The first-order chi connectivity index (χ1) is 8.21. The van der Waals surface area contributed by atoms with E-state index in [0.29, 0.717) is 10.7 Å². The van der Waals surface area contributed by atoms with Gasteiger partial charge in [0.15, 0.2) is 0 Å². The summed E-state index contributed by atoms with van der Waals surface area (Å²) in [6.45, 7) is 4.89. The molecule has 1 N–H and O–H groups in total. The molecule has 5 heteroatoms. The van der Waals surface area contributed by atoms with Gasteiger partial charge in [0.05, 0.1) is 0 Å². The lowest BCUT2D eigenvalue weighted by atomic mass is 9.94. The standard InChI is InChI=1S/C13H16ClNO3/c1-13(2,3)12(18)15(8-11(16)17)10-6-4-9(14)5-7-10/h4-7H,8H2,1-3H3,(H,16,17). The maximum atomic E-state index is 12.2. The lowest BCUT2D eigenvalue weighted by molar-refractivity contribution is -0.137. The Morgan fingerprint density at radius 1 is 1.22 bits per heavy atom. The lowest BCUT2D eigenvalue weighted by Gasteiger charge is -2.28. The highest BCUT2D eigenvalue weighted by Gasteiger charge is 2.29. The van der Waals surface area contributed by atoms with Crippen molar-refractivity contribution in [2.75, 3.05) is 11.4 Å². The summed E-state index contributed by atoms with van der Waals surface area (Å²) in [5.74, 6) is -1.30. The van der Waals surface area contributed by atoms with Gasteiger partial charge < -0.3 is 10.0 Å². The third kappa shape index (κ3) is 3.74. The fourth-order valence-electron chi connectivity index (χ4n) is 1.44. The topological polar surface area (TPSA) is 57.6 Å². The van der Waals surface area contributed by atoms with Crippen molar-refractivity contribution in [3.63, 3.8) is 0 Å². The number of hydrogen-bond donors (Lipinski definition) is 1. The largest absolute Gasteiger partial charge is 0.480 e. The molecule has 18 heavy (non-hydrogen) atoms. The van der Waals surface area contributed by atoms with E-state index < -0.39 is 11.4 Å². The molecule has 0 heterocycles.